The third-order valence-corrected chi connectivity index (χ3v) is 11.8. The van der Waals surface area contributed by atoms with Crippen molar-refractivity contribution in [2.45, 2.75) is 53.4 Å². The zero-order valence-electron chi connectivity index (χ0n) is 39.9. The molecule has 8 rings (SSSR count). The highest BCUT2D eigenvalue weighted by Crippen LogP contribution is 2.30. The van der Waals surface area contributed by atoms with Gasteiger partial charge in [0.25, 0.3) is 0 Å². The maximum absolute atomic E-state index is 10.1. The number of nitrogens with one attached hydrogen (secondary N) is 4. The number of aliphatic hydroxyl groups excluding tert-OH is 2. The molecule has 14 heteroatoms. The van der Waals surface area contributed by atoms with E-state index in [1.807, 2.05) is 135 Å². The average Bonchev–Trinajstić information content (AvgIpc) is 3.42. The number of aliphatic hydroxyl groups is 2. The van der Waals surface area contributed by atoms with Gasteiger partial charge >= 0.3 is 0 Å². The summed E-state index contributed by atoms with van der Waals surface area (Å²) < 4.78 is 12.1. The van der Waals surface area contributed by atoms with E-state index in [0.29, 0.717) is 82.7 Å². The summed E-state index contributed by atoms with van der Waals surface area (Å²) in [5.41, 5.74) is 26.1. The molecule has 8 aromatic rings. The lowest BCUT2D eigenvalue weighted by atomic mass is 10.0. The maximum Gasteiger partial charge on any atom is 0.187 e. The van der Waals surface area contributed by atoms with Gasteiger partial charge in [-0.3, -0.25) is 20.8 Å². The zero-order valence-corrected chi connectivity index (χ0v) is 39.9. The van der Waals surface area contributed by atoms with Crippen LogP contribution in [0.3, 0.4) is 0 Å². The Bertz CT molecular complexity index is 3220. The van der Waals surface area contributed by atoms with E-state index in [9.17, 15) is 10.2 Å². The number of benzene rings is 6. The van der Waals surface area contributed by atoms with Crippen LogP contribution in [-0.2, 0) is 39.5 Å². The minimum Gasteiger partial charge on any atom is -0.487 e. The number of aromatic nitrogens is 2. The van der Waals surface area contributed by atoms with Crippen LogP contribution < -0.4 is 31.6 Å². The Morgan fingerprint density at radius 2 is 0.944 bits per heavy atom. The van der Waals surface area contributed by atoms with Gasteiger partial charge in [0.1, 0.15) is 36.4 Å². The van der Waals surface area contributed by atoms with Gasteiger partial charge in [0.05, 0.1) is 42.8 Å². The number of anilines is 2. The van der Waals surface area contributed by atoms with Gasteiger partial charge in [0, 0.05) is 59.1 Å². The SMILES string of the molecule is Cc1ncc(CNc2ccc(-c3ccc(C(=N)N)cc3)cc2)c(CO)c1OCc1ccc(C(=N)N)cc1.[C-]#[N+]c1ccc(COc2c(C)ncc(CNc3ccc(-c4ccc(C#N)cc4)cc3)c2CO)cc1. The molecule has 0 fully saturated rings. The standard InChI is InChI=1S/C29H30N6O2.C29H24N4O2/c1-18-27(37-17-19-2-4-22(5-3-19)28(30)31)26(16-36)24(14-34-18)15-35-25-12-10-21(11-13-25)20-6-8-23(9-7-20)29(32)33;1-20-29(35-19-22-5-11-26(31-2)12-6-22)28(18-34)25(16-32-20)17-33-27-13-9-24(10-14-27)23-7-3-21(15-30)4-8-23/h2-14,35-36H,15-17H2,1H3,(H3,30,31)(H3,32,33);3-14,16,33-34H,17-19H2,1H3. The zero-order chi connectivity index (χ0) is 51.0. The Balaban J connectivity index is 0.000000212. The number of nitrogens with two attached hydrogens (primary N) is 2. The molecule has 0 spiro atoms. The molecule has 10 N–H and O–H groups in total. The van der Waals surface area contributed by atoms with E-state index in [2.05, 4.69) is 31.5 Å². The molecule has 0 aliphatic heterocycles. The van der Waals surface area contributed by atoms with Gasteiger partial charge in [-0.05, 0) is 94.8 Å². The number of nitrogens with zero attached hydrogens (tertiary/aromatic N) is 4. The molecule has 0 aliphatic rings. The lowest BCUT2D eigenvalue weighted by Gasteiger charge is -2.17. The Morgan fingerprint density at radius 1 is 0.583 bits per heavy atom. The summed E-state index contributed by atoms with van der Waals surface area (Å²) in [5, 5.41) is 51.0. The van der Waals surface area contributed by atoms with E-state index in [-0.39, 0.29) is 24.9 Å². The summed E-state index contributed by atoms with van der Waals surface area (Å²) in [6.07, 6.45) is 3.52. The summed E-state index contributed by atoms with van der Waals surface area (Å²) in [4.78, 5) is 12.4. The predicted molar refractivity (Wildman–Crippen MR) is 283 cm³/mol. The molecule has 0 saturated carbocycles. The summed E-state index contributed by atoms with van der Waals surface area (Å²) >= 11 is 0. The summed E-state index contributed by atoms with van der Waals surface area (Å²) in [7, 11) is 0. The Hall–Kier alpha value is -9.34. The van der Waals surface area contributed by atoms with E-state index in [1.165, 1.54) is 0 Å². The topological polar surface area (TPSA) is 237 Å². The van der Waals surface area contributed by atoms with Crippen LogP contribution in [0, 0.1) is 42.6 Å². The highest BCUT2D eigenvalue weighted by atomic mass is 16.5. The van der Waals surface area contributed by atoms with Crippen molar-refractivity contribution in [1.29, 1.82) is 16.1 Å². The number of amidine groups is 2. The van der Waals surface area contributed by atoms with Gasteiger partial charge in [0.15, 0.2) is 5.69 Å². The van der Waals surface area contributed by atoms with E-state index in [4.69, 9.17) is 43.6 Å². The summed E-state index contributed by atoms with van der Waals surface area (Å²) in [6.45, 7) is 12.0. The lowest BCUT2D eigenvalue weighted by Crippen LogP contribution is -2.11. The molecule has 14 nitrogen and oxygen atoms in total. The second-order valence-corrected chi connectivity index (χ2v) is 16.7. The van der Waals surface area contributed by atoms with Gasteiger partial charge < -0.3 is 41.8 Å². The van der Waals surface area contributed by atoms with Crippen LogP contribution in [0.15, 0.2) is 158 Å². The van der Waals surface area contributed by atoms with Gasteiger partial charge in [0.2, 0.25) is 0 Å². The molecule has 0 aliphatic carbocycles. The van der Waals surface area contributed by atoms with E-state index in [1.54, 1.807) is 36.7 Å². The molecule has 0 unspecified atom stereocenters. The largest absolute Gasteiger partial charge is 0.487 e. The first-order valence-electron chi connectivity index (χ1n) is 22.9. The number of hydrogen-bond acceptors (Lipinski definition) is 11. The van der Waals surface area contributed by atoms with Crippen molar-refractivity contribution in [3.05, 3.63) is 231 Å². The summed E-state index contributed by atoms with van der Waals surface area (Å²) in [6, 6.07) is 47.8. The van der Waals surface area contributed by atoms with Crippen LogP contribution >= 0.6 is 0 Å². The molecular formula is C58H54N10O4. The van der Waals surface area contributed by atoms with Crippen molar-refractivity contribution in [3.8, 4) is 39.8 Å². The summed E-state index contributed by atoms with van der Waals surface area (Å²) in [5.74, 6) is 1.23. The predicted octanol–water partition coefficient (Wildman–Crippen LogP) is 10.5. The van der Waals surface area contributed by atoms with Gasteiger partial charge in [-0.25, -0.2) is 4.85 Å². The minimum atomic E-state index is -0.172. The molecule has 0 amide bonds. The molecule has 2 heterocycles. The van der Waals surface area contributed by atoms with Crippen molar-refractivity contribution in [1.82, 2.24) is 9.97 Å². The van der Waals surface area contributed by atoms with Crippen LogP contribution in [0.5, 0.6) is 11.5 Å². The van der Waals surface area contributed by atoms with Crippen LogP contribution in [-0.4, -0.2) is 31.9 Å². The molecule has 72 heavy (non-hydrogen) atoms. The van der Waals surface area contributed by atoms with Crippen molar-refractivity contribution in [2.75, 3.05) is 10.6 Å². The van der Waals surface area contributed by atoms with Crippen LogP contribution in [0.4, 0.5) is 17.1 Å². The van der Waals surface area contributed by atoms with Crippen molar-refractivity contribution in [2.24, 2.45) is 11.5 Å². The maximum atomic E-state index is 10.1. The first kappa shape index (κ1) is 50.5. The fourth-order valence-electron chi connectivity index (χ4n) is 7.68. The second-order valence-electron chi connectivity index (χ2n) is 16.7. The van der Waals surface area contributed by atoms with Crippen molar-refractivity contribution < 1.29 is 19.7 Å². The van der Waals surface area contributed by atoms with E-state index >= 15 is 0 Å². The van der Waals surface area contributed by atoms with Crippen LogP contribution in [0.1, 0.15) is 61.5 Å². The minimum absolute atomic E-state index is 0.0215. The molecule has 0 radical (unpaired) electrons. The fraction of sp³-hybridized carbons (Fsp3) is 0.138. The Morgan fingerprint density at radius 3 is 1.31 bits per heavy atom. The molecule has 360 valence electrons. The first-order valence-corrected chi connectivity index (χ1v) is 22.9. The number of pyridine rings is 2. The normalized spacial score (nSPS) is 10.5. The average molecular weight is 955 g/mol. The molecule has 2 aromatic heterocycles. The highest BCUT2D eigenvalue weighted by molar-refractivity contribution is 5.95. The molecule has 0 atom stereocenters. The quantitative estimate of drug-likeness (QED) is 0.0229. The van der Waals surface area contributed by atoms with E-state index in [0.717, 1.165) is 55.9 Å². The lowest BCUT2D eigenvalue weighted by molar-refractivity contribution is 0.255. The fourth-order valence-corrected chi connectivity index (χ4v) is 7.68. The first-order chi connectivity index (χ1) is 35.0. The van der Waals surface area contributed by atoms with Crippen molar-refractivity contribution >= 4 is 28.7 Å². The number of ether oxygens (including phenoxy) is 2. The smallest absolute Gasteiger partial charge is 0.187 e. The van der Waals surface area contributed by atoms with Gasteiger partial charge in [-0.15, -0.1) is 0 Å². The molecular weight excluding hydrogens is 901 g/mol. The van der Waals surface area contributed by atoms with Gasteiger partial charge in [-0.1, -0.05) is 109 Å². The monoisotopic (exact) mass is 954 g/mol. The Labute approximate surface area is 419 Å². The second kappa shape index (κ2) is 24.3. The number of aryl methyl sites for hydroxylation is 2. The third-order valence-electron chi connectivity index (χ3n) is 11.8. The van der Waals surface area contributed by atoms with E-state index < -0.39 is 0 Å². The van der Waals surface area contributed by atoms with Crippen LogP contribution in [0.2, 0.25) is 0 Å². The van der Waals surface area contributed by atoms with Gasteiger partial charge in [-0.2, -0.15) is 5.26 Å². The number of hydrogen-bond donors (Lipinski definition) is 8. The number of nitrogen functional groups attached to an aromatic ring is 2. The number of rotatable bonds is 18. The number of nitriles is 1. The highest BCUT2D eigenvalue weighted by Gasteiger charge is 2.16. The molecule has 6 aromatic carbocycles. The Kier molecular flexibility index (Phi) is 17.0. The van der Waals surface area contributed by atoms with Crippen molar-refractivity contribution in [3.63, 3.8) is 0 Å². The van der Waals surface area contributed by atoms with Crippen LogP contribution in [0.25, 0.3) is 27.1 Å². The molecule has 0 saturated heterocycles. The molecule has 0 bridgehead atoms. The third kappa shape index (κ3) is 13.0.